The van der Waals surface area contributed by atoms with Crippen LogP contribution in [0.1, 0.15) is 50.5 Å². The van der Waals surface area contributed by atoms with Gasteiger partial charge >= 0.3 is 6.09 Å². The van der Waals surface area contributed by atoms with Gasteiger partial charge in [0, 0.05) is 32.5 Å². The summed E-state index contributed by atoms with van der Waals surface area (Å²) in [5, 5.41) is 13.6. The first-order chi connectivity index (χ1) is 10.6. The molecule has 0 saturated carbocycles. The number of ether oxygens (including phenoxy) is 1. The van der Waals surface area contributed by atoms with Crippen LogP contribution >= 0.6 is 0 Å². The van der Waals surface area contributed by atoms with Gasteiger partial charge in [-0.25, -0.2) is 4.79 Å². The number of aromatic nitrogens is 2. The van der Waals surface area contributed by atoms with Crippen molar-refractivity contribution in [1.29, 1.82) is 0 Å². The number of aryl methyl sites for hydroxylation is 1. The van der Waals surface area contributed by atoms with E-state index in [4.69, 9.17) is 4.74 Å². The molecule has 0 bridgehead atoms. The molecule has 1 fully saturated rings. The highest BCUT2D eigenvalue weighted by molar-refractivity contribution is 5.98. The van der Waals surface area contributed by atoms with Crippen LogP contribution in [0, 0.1) is 5.41 Å². The third-order valence-corrected chi connectivity index (χ3v) is 4.86. The molecule has 1 N–H and O–H groups in total. The van der Waals surface area contributed by atoms with Crippen molar-refractivity contribution in [3.05, 3.63) is 11.9 Å². The summed E-state index contributed by atoms with van der Waals surface area (Å²) >= 11 is 0. The number of ketones is 1. The molecule has 2 aliphatic rings. The summed E-state index contributed by atoms with van der Waals surface area (Å²) in [4.78, 5) is 25.5. The molecule has 126 valence electrons. The number of rotatable bonds is 0. The predicted octanol–water partition coefficient (Wildman–Crippen LogP) is 2.31. The largest absolute Gasteiger partial charge is 0.483 e. The maximum atomic E-state index is 12.5. The second-order valence-corrected chi connectivity index (χ2v) is 7.71. The summed E-state index contributed by atoms with van der Waals surface area (Å²) in [5.41, 5.74) is -0.476. The average Bonchev–Trinajstić information content (AvgIpc) is 2.78. The summed E-state index contributed by atoms with van der Waals surface area (Å²) in [6.45, 7) is 6.44. The SMILES string of the molecule is Cn1cc2c(n1)C(=O)CC1(CCN(C(=O)O)C(C(C)(C)C)C1)O2. The molecule has 3 heterocycles. The minimum atomic E-state index is -0.913. The monoisotopic (exact) mass is 321 g/mol. The van der Waals surface area contributed by atoms with E-state index in [1.807, 2.05) is 20.8 Å². The van der Waals surface area contributed by atoms with Gasteiger partial charge in [-0.05, 0) is 5.41 Å². The van der Waals surface area contributed by atoms with E-state index in [1.54, 1.807) is 17.9 Å². The van der Waals surface area contributed by atoms with Gasteiger partial charge < -0.3 is 14.7 Å². The maximum absolute atomic E-state index is 12.5. The Balaban J connectivity index is 1.92. The van der Waals surface area contributed by atoms with Crippen LogP contribution in [0.2, 0.25) is 0 Å². The van der Waals surface area contributed by atoms with Crippen molar-refractivity contribution in [2.45, 2.75) is 51.7 Å². The Kier molecular flexibility index (Phi) is 3.42. The highest BCUT2D eigenvalue weighted by Gasteiger charge is 2.50. The summed E-state index contributed by atoms with van der Waals surface area (Å²) < 4.78 is 7.76. The molecule has 2 atom stereocenters. The smallest absolute Gasteiger partial charge is 0.407 e. The first-order valence-corrected chi connectivity index (χ1v) is 7.87. The highest BCUT2D eigenvalue weighted by Crippen LogP contribution is 2.44. The number of hydrogen-bond acceptors (Lipinski definition) is 4. The average molecular weight is 321 g/mol. The van der Waals surface area contributed by atoms with Gasteiger partial charge in [-0.15, -0.1) is 0 Å². The topological polar surface area (TPSA) is 84.7 Å². The van der Waals surface area contributed by atoms with Gasteiger partial charge in [0.2, 0.25) is 0 Å². The number of Topliss-reactive ketones (excluding diaryl/α,β-unsaturated/α-hetero) is 1. The zero-order chi connectivity index (χ0) is 17.0. The van der Waals surface area contributed by atoms with Crippen LogP contribution in [0.4, 0.5) is 4.79 Å². The number of carboxylic acid groups (broad SMARTS) is 1. The number of nitrogens with zero attached hydrogens (tertiary/aromatic N) is 3. The fourth-order valence-electron chi connectivity index (χ4n) is 3.68. The molecule has 23 heavy (non-hydrogen) atoms. The van der Waals surface area contributed by atoms with Crippen molar-refractivity contribution in [3.8, 4) is 5.75 Å². The number of carbonyl (C=O) groups excluding carboxylic acids is 1. The Hall–Kier alpha value is -2.05. The predicted molar refractivity (Wildman–Crippen MR) is 82.7 cm³/mol. The van der Waals surface area contributed by atoms with E-state index in [0.717, 1.165) is 0 Å². The Morgan fingerprint density at radius 2 is 2.17 bits per heavy atom. The van der Waals surface area contributed by atoms with E-state index in [0.29, 0.717) is 30.8 Å². The zero-order valence-corrected chi connectivity index (χ0v) is 14.0. The summed E-state index contributed by atoms with van der Waals surface area (Å²) in [6.07, 6.45) is 2.10. The van der Waals surface area contributed by atoms with Crippen molar-refractivity contribution < 1.29 is 19.4 Å². The van der Waals surface area contributed by atoms with Crippen molar-refractivity contribution in [2.24, 2.45) is 12.5 Å². The lowest BCUT2D eigenvalue weighted by Gasteiger charge is -2.50. The number of carbonyl (C=O) groups is 2. The number of amides is 1. The van der Waals surface area contributed by atoms with Crippen LogP contribution in [0.25, 0.3) is 0 Å². The summed E-state index contributed by atoms with van der Waals surface area (Å²) in [6, 6.07) is -0.195. The van der Waals surface area contributed by atoms with E-state index in [1.165, 1.54) is 4.90 Å². The molecule has 1 spiro atoms. The Morgan fingerprint density at radius 1 is 1.48 bits per heavy atom. The van der Waals surface area contributed by atoms with Crippen molar-refractivity contribution >= 4 is 11.9 Å². The lowest BCUT2D eigenvalue weighted by Crippen LogP contribution is -2.59. The van der Waals surface area contributed by atoms with Crippen LogP contribution in [0.5, 0.6) is 5.75 Å². The standard InChI is InChI=1S/C16H23N3O4/c1-15(2,3)12-8-16(5-6-19(12)14(21)22)7-10(20)13-11(23-16)9-18(4)17-13/h9,12H,5-8H2,1-4H3,(H,21,22). The normalized spacial score (nSPS) is 27.7. The second kappa shape index (κ2) is 4.97. The fourth-order valence-corrected chi connectivity index (χ4v) is 3.68. The quantitative estimate of drug-likeness (QED) is 0.792. The number of hydrogen-bond donors (Lipinski definition) is 1. The molecule has 1 amide bonds. The molecular weight excluding hydrogens is 298 g/mol. The van der Waals surface area contributed by atoms with Crippen molar-refractivity contribution in [2.75, 3.05) is 6.54 Å². The molecule has 2 unspecified atom stereocenters. The molecule has 2 aliphatic heterocycles. The summed E-state index contributed by atoms with van der Waals surface area (Å²) in [7, 11) is 1.76. The minimum Gasteiger partial charge on any atom is -0.483 e. The Bertz CT molecular complexity index is 661. The molecule has 0 radical (unpaired) electrons. The van der Waals surface area contributed by atoms with Crippen LogP contribution in [0.15, 0.2) is 6.20 Å². The van der Waals surface area contributed by atoms with Crippen LogP contribution in [0.3, 0.4) is 0 Å². The van der Waals surface area contributed by atoms with Gasteiger partial charge in [-0.1, -0.05) is 20.8 Å². The van der Waals surface area contributed by atoms with E-state index in [2.05, 4.69) is 5.10 Å². The Labute approximate surface area is 135 Å². The minimum absolute atomic E-state index is 0.0247. The van der Waals surface area contributed by atoms with Crippen molar-refractivity contribution in [3.63, 3.8) is 0 Å². The van der Waals surface area contributed by atoms with E-state index in [9.17, 15) is 14.7 Å². The second-order valence-electron chi connectivity index (χ2n) is 7.71. The van der Waals surface area contributed by atoms with Crippen LogP contribution < -0.4 is 4.74 Å². The molecule has 0 aromatic carbocycles. The molecule has 7 nitrogen and oxygen atoms in total. The third-order valence-electron chi connectivity index (χ3n) is 4.86. The molecular formula is C16H23N3O4. The molecule has 1 aromatic heterocycles. The van der Waals surface area contributed by atoms with Gasteiger partial charge in [0.15, 0.2) is 17.2 Å². The maximum Gasteiger partial charge on any atom is 0.407 e. The molecule has 0 aliphatic carbocycles. The Morgan fingerprint density at radius 3 is 2.78 bits per heavy atom. The van der Waals surface area contributed by atoms with E-state index >= 15 is 0 Å². The van der Waals surface area contributed by atoms with Gasteiger partial charge in [0.25, 0.3) is 0 Å². The van der Waals surface area contributed by atoms with E-state index in [-0.39, 0.29) is 23.7 Å². The first kappa shape index (κ1) is 15.8. The number of piperidine rings is 1. The molecule has 1 aromatic rings. The van der Waals surface area contributed by atoms with Gasteiger partial charge in [-0.3, -0.25) is 9.48 Å². The van der Waals surface area contributed by atoms with Gasteiger partial charge in [-0.2, -0.15) is 5.10 Å². The zero-order valence-electron chi connectivity index (χ0n) is 14.0. The number of likely N-dealkylation sites (tertiary alicyclic amines) is 1. The fraction of sp³-hybridized carbons (Fsp3) is 0.688. The molecule has 3 rings (SSSR count). The van der Waals surface area contributed by atoms with Crippen LogP contribution in [-0.4, -0.2) is 49.9 Å². The first-order valence-electron chi connectivity index (χ1n) is 7.87. The molecule has 7 heteroatoms. The highest BCUT2D eigenvalue weighted by atomic mass is 16.5. The lowest BCUT2D eigenvalue weighted by atomic mass is 9.72. The third kappa shape index (κ3) is 2.68. The van der Waals surface area contributed by atoms with Gasteiger partial charge in [0.05, 0.1) is 12.6 Å². The van der Waals surface area contributed by atoms with E-state index < -0.39 is 11.7 Å². The number of fused-ring (bicyclic) bond motifs is 1. The van der Waals surface area contributed by atoms with Crippen LogP contribution in [-0.2, 0) is 7.05 Å². The van der Waals surface area contributed by atoms with Crippen molar-refractivity contribution in [1.82, 2.24) is 14.7 Å². The molecule has 1 saturated heterocycles. The van der Waals surface area contributed by atoms with Gasteiger partial charge in [0.1, 0.15) is 5.60 Å². The lowest BCUT2D eigenvalue weighted by molar-refractivity contribution is -0.0522. The summed E-state index contributed by atoms with van der Waals surface area (Å²) in [5.74, 6) is 0.489.